The molecule has 0 fully saturated rings. The molecule has 0 aromatic heterocycles. The Labute approximate surface area is 453 Å². The molecule has 0 heterocycles. The van der Waals surface area contributed by atoms with Crippen LogP contribution in [0, 0.1) is 0 Å². The lowest BCUT2D eigenvalue weighted by molar-refractivity contribution is -0.870. The summed E-state index contributed by atoms with van der Waals surface area (Å²) < 4.78 is 30.7. The van der Waals surface area contributed by atoms with Gasteiger partial charge in [-0.15, -0.1) is 0 Å². The van der Waals surface area contributed by atoms with Gasteiger partial charge in [-0.1, -0.05) is 244 Å². The van der Waals surface area contributed by atoms with Gasteiger partial charge in [0, 0.05) is 12.8 Å². The molecule has 9 nitrogen and oxygen atoms in total. The van der Waals surface area contributed by atoms with Crippen LogP contribution in [0.15, 0.2) is 36.5 Å². The number of unbranched alkanes of at least 4 members (excludes halogenated alkanes) is 37. The maximum Gasteiger partial charge on any atom is 0.472 e. The van der Waals surface area contributed by atoms with Crippen molar-refractivity contribution in [3.8, 4) is 0 Å². The molecular weight excluding hydrogens is 928 g/mol. The summed E-state index contributed by atoms with van der Waals surface area (Å²) in [5.41, 5.74) is 0. The Morgan fingerprint density at radius 2 is 0.795 bits per heavy atom. The lowest BCUT2D eigenvalue weighted by Gasteiger charge is -2.27. The van der Waals surface area contributed by atoms with Crippen LogP contribution in [0.3, 0.4) is 0 Å². The lowest BCUT2D eigenvalue weighted by atomic mass is 10.0. The second kappa shape index (κ2) is 53.6. The molecule has 1 amide bonds. The summed E-state index contributed by atoms with van der Waals surface area (Å²) in [6.07, 6.45) is 64.2. The minimum absolute atomic E-state index is 0.0408. The first-order valence-electron chi connectivity index (χ1n) is 31.3. The number of hydrogen-bond donors (Lipinski definition) is 2. The molecule has 0 aromatic rings. The van der Waals surface area contributed by atoms with Crippen molar-refractivity contribution < 1.29 is 37.3 Å². The first kappa shape index (κ1) is 71.2. The number of phosphoric acid groups is 1. The van der Waals surface area contributed by atoms with Crippen LogP contribution < -0.4 is 5.32 Å². The van der Waals surface area contributed by atoms with Crippen LogP contribution in [0.1, 0.15) is 303 Å². The van der Waals surface area contributed by atoms with Crippen molar-refractivity contribution in [3.63, 3.8) is 0 Å². The number of hydrogen-bond acceptors (Lipinski definition) is 6. The average Bonchev–Trinajstić information content (AvgIpc) is 3.35. The molecule has 0 bridgehead atoms. The number of allylic oxidation sites excluding steroid dienone is 5. The maximum absolute atomic E-state index is 13.5. The first-order valence-corrected chi connectivity index (χ1v) is 32.8. The second-order valence-corrected chi connectivity index (χ2v) is 24.0. The zero-order chi connectivity index (χ0) is 53.6. The Bertz CT molecular complexity index is 1350. The lowest BCUT2D eigenvalue weighted by Crippen LogP contribution is -2.47. The summed E-state index contributed by atoms with van der Waals surface area (Å²) in [7, 11) is 1.50. The summed E-state index contributed by atoms with van der Waals surface area (Å²) in [6, 6.07) is -0.848. The minimum atomic E-state index is -4.45. The van der Waals surface area contributed by atoms with Gasteiger partial charge in [0.15, 0.2) is 0 Å². The molecule has 73 heavy (non-hydrogen) atoms. The highest BCUT2D eigenvalue weighted by molar-refractivity contribution is 7.47. The van der Waals surface area contributed by atoms with Gasteiger partial charge in [-0.05, 0) is 83.1 Å². The molecule has 3 atom stereocenters. The van der Waals surface area contributed by atoms with Gasteiger partial charge in [0.25, 0.3) is 0 Å². The van der Waals surface area contributed by atoms with Gasteiger partial charge >= 0.3 is 13.8 Å². The predicted molar refractivity (Wildman–Crippen MR) is 314 cm³/mol. The monoisotopic (exact) mass is 1050 g/mol. The van der Waals surface area contributed by atoms with E-state index in [1.54, 1.807) is 0 Å². The quantitative estimate of drug-likeness (QED) is 0.0205. The standard InChI is InChI=1S/C63H121N2O7P/c1-7-10-13-16-19-22-25-28-30-31-32-33-35-37-40-43-46-49-52-55-62(66)64-60(59-71-73(68,69)70-58-57-65(4,5)6)61(54-51-48-45-42-39-36-27-24-21-18-15-12-9-3)72-63(67)56-53-50-47-44-41-38-34-29-26-23-20-17-14-11-8-2/h23,26,28,30,51,54,60-61H,7-22,24-25,27,29,31-50,52-53,55-59H2,1-6H3,(H-,64,66,68,69)/p+1/b26-23-,30-28+,54-51-. The van der Waals surface area contributed by atoms with Gasteiger partial charge in [0.1, 0.15) is 19.3 Å². The van der Waals surface area contributed by atoms with E-state index in [0.29, 0.717) is 17.4 Å². The number of carbonyl (C=O) groups is 2. The third-order valence-corrected chi connectivity index (χ3v) is 15.0. The number of likely N-dealkylation sites (N-methyl/N-ethyl adjacent to an activating group) is 1. The number of nitrogens with zero attached hydrogens (tertiary/aromatic N) is 1. The van der Waals surface area contributed by atoms with Crippen LogP contribution in [0.25, 0.3) is 0 Å². The molecule has 0 aliphatic carbocycles. The fourth-order valence-electron chi connectivity index (χ4n) is 9.17. The maximum atomic E-state index is 13.5. The zero-order valence-corrected chi connectivity index (χ0v) is 50.0. The molecule has 0 aliphatic heterocycles. The van der Waals surface area contributed by atoms with Crippen LogP contribution in [0.2, 0.25) is 0 Å². The normalized spacial score (nSPS) is 13.9. The molecule has 2 N–H and O–H groups in total. The van der Waals surface area contributed by atoms with Crippen molar-refractivity contribution >= 4 is 19.7 Å². The molecule has 0 saturated heterocycles. The fourth-order valence-corrected chi connectivity index (χ4v) is 9.90. The van der Waals surface area contributed by atoms with Gasteiger partial charge in [0.2, 0.25) is 5.91 Å². The second-order valence-electron chi connectivity index (χ2n) is 22.6. The van der Waals surface area contributed by atoms with Gasteiger partial charge in [-0.2, -0.15) is 0 Å². The SMILES string of the molecule is CCCCCC/C=C\CCCCCCCCCC(=O)OC(/C=C\CCCCCCCCCCCCC)C(COP(=O)(O)OCC[N+](C)(C)C)NC(=O)CCCCCCCCCCC/C=C/CCCCCCCC. The van der Waals surface area contributed by atoms with Gasteiger partial charge in [0.05, 0.1) is 33.8 Å². The van der Waals surface area contributed by atoms with E-state index in [2.05, 4.69) is 50.4 Å². The molecule has 3 unspecified atom stereocenters. The minimum Gasteiger partial charge on any atom is -0.456 e. The molecule has 430 valence electrons. The Morgan fingerprint density at radius 1 is 0.466 bits per heavy atom. The number of esters is 1. The zero-order valence-electron chi connectivity index (χ0n) is 49.1. The summed E-state index contributed by atoms with van der Waals surface area (Å²) in [5, 5.41) is 3.06. The smallest absolute Gasteiger partial charge is 0.456 e. The summed E-state index contributed by atoms with van der Waals surface area (Å²) in [4.78, 5) is 37.7. The van der Waals surface area contributed by atoms with Crippen LogP contribution >= 0.6 is 7.82 Å². The Kier molecular flexibility index (Phi) is 52.3. The van der Waals surface area contributed by atoms with E-state index in [1.165, 1.54) is 212 Å². The number of quaternary nitrogens is 1. The van der Waals surface area contributed by atoms with Crippen molar-refractivity contribution in [1.29, 1.82) is 0 Å². The molecular formula is C63H122N2O7P+. The molecule has 0 radical (unpaired) electrons. The van der Waals surface area contributed by atoms with E-state index < -0.39 is 20.0 Å². The number of nitrogens with one attached hydrogen (secondary N) is 1. The number of carbonyl (C=O) groups excluding carboxylic acids is 2. The first-order chi connectivity index (χ1) is 35.4. The van der Waals surface area contributed by atoms with Crippen molar-refractivity contribution in [1.82, 2.24) is 5.32 Å². The highest BCUT2D eigenvalue weighted by Gasteiger charge is 2.30. The fraction of sp³-hybridized carbons (Fsp3) is 0.873. The van der Waals surface area contributed by atoms with E-state index in [4.69, 9.17) is 13.8 Å². The average molecular weight is 1050 g/mol. The van der Waals surface area contributed by atoms with Crippen LogP contribution in [-0.4, -0.2) is 74.3 Å². The summed E-state index contributed by atoms with van der Waals surface area (Å²) in [5.74, 6) is -0.501. The van der Waals surface area contributed by atoms with Crippen molar-refractivity contribution in [2.24, 2.45) is 0 Å². The molecule has 0 aliphatic rings. The van der Waals surface area contributed by atoms with Crippen molar-refractivity contribution in [3.05, 3.63) is 36.5 Å². The predicted octanol–water partition coefficient (Wildman–Crippen LogP) is 19.1. The van der Waals surface area contributed by atoms with Gasteiger partial charge < -0.3 is 19.4 Å². The number of rotatable bonds is 57. The number of phosphoric ester groups is 1. The van der Waals surface area contributed by atoms with E-state index >= 15 is 0 Å². The van der Waals surface area contributed by atoms with E-state index in [-0.39, 0.29) is 31.5 Å². The molecule has 10 heteroatoms. The largest absolute Gasteiger partial charge is 0.472 e. The van der Waals surface area contributed by atoms with Crippen LogP contribution in [0.5, 0.6) is 0 Å². The Morgan fingerprint density at radius 3 is 1.18 bits per heavy atom. The number of amides is 1. The molecule has 0 aromatic carbocycles. The van der Waals surface area contributed by atoms with Crippen molar-refractivity contribution in [2.75, 3.05) is 40.9 Å². The van der Waals surface area contributed by atoms with Crippen LogP contribution in [0.4, 0.5) is 0 Å². The molecule has 0 spiro atoms. The highest BCUT2D eigenvalue weighted by Crippen LogP contribution is 2.43. The van der Waals surface area contributed by atoms with Crippen LogP contribution in [-0.2, 0) is 27.9 Å². The third kappa shape index (κ3) is 54.8. The topological polar surface area (TPSA) is 111 Å². The van der Waals surface area contributed by atoms with E-state index in [0.717, 1.165) is 57.8 Å². The Hall–Kier alpha value is -1.77. The highest BCUT2D eigenvalue weighted by atomic mass is 31.2. The summed E-state index contributed by atoms with van der Waals surface area (Å²) in [6.45, 7) is 7.02. The van der Waals surface area contributed by atoms with Gasteiger partial charge in [-0.3, -0.25) is 18.6 Å². The Balaban J connectivity index is 5.26. The van der Waals surface area contributed by atoms with Crippen molar-refractivity contribution in [2.45, 2.75) is 315 Å². The van der Waals surface area contributed by atoms with Gasteiger partial charge in [-0.25, -0.2) is 4.57 Å². The number of ether oxygens (including phenoxy) is 1. The molecule has 0 saturated carbocycles. The molecule has 0 rings (SSSR count). The van der Waals surface area contributed by atoms with E-state index in [1.807, 2.05) is 33.3 Å². The third-order valence-electron chi connectivity index (χ3n) is 14.1. The van der Waals surface area contributed by atoms with E-state index in [9.17, 15) is 19.0 Å². The summed E-state index contributed by atoms with van der Waals surface area (Å²) >= 11 is 0.